The van der Waals surface area contributed by atoms with E-state index >= 15 is 0 Å². The summed E-state index contributed by atoms with van der Waals surface area (Å²) >= 11 is 1.34. The van der Waals surface area contributed by atoms with Crippen molar-refractivity contribution in [2.24, 2.45) is 0 Å². The third-order valence-corrected chi connectivity index (χ3v) is 10.7. The van der Waals surface area contributed by atoms with Gasteiger partial charge in [0.25, 0.3) is 0 Å². The first-order valence-electron chi connectivity index (χ1n) is 22.6. The quantitative estimate of drug-likeness (QED) is 0.164. The second kappa shape index (κ2) is 14.1. The van der Waals surface area contributed by atoms with E-state index in [9.17, 15) is 0 Å². The molecule has 55 heavy (non-hydrogen) atoms. The van der Waals surface area contributed by atoms with E-state index in [4.69, 9.17) is 28.7 Å². The largest absolute Gasteiger partial charge is 0.208 e. The highest BCUT2D eigenvalue weighted by atomic mass is 32.1. The Balaban J connectivity index is 1.19. The number of aromatic nitrogens is 3. The SMILES string of the molecule is [2H]c1c([2H])c([2H])c(-c2cc(-c3c([2H])c([2H])c([2H])c([2H])c3[2H])c3sc4cc(-c5nc(-c6ccc(-c7ccccc7)cc6)nc(-c6cccc(-c7ccccc7)c6)n5)ccc4c3c2)c([2H])c1[2H]. The molecule has 2 heterocycles. The molecule has 0 aliphatic rings. The van der Waals surface area contributed by atoms with E-state index in [1.165, 1.54) is 11.3 Å². The van der Waals surface area contributed by atoms with Crippen LogP contribution in [0, 0.1) is 0 Å². The average Bonchev–Trinajstić information content (AvgIpc) is 3.72. The third-order valence-electron chi connectivity index (χ3n) is 9.50. The summed E-state index contributed by atoms with van der Waals surface area (Å²) in [5, 5.41) is 1.34. The Morgan fingerprint density at radius 1 is 0.345 bits per heavy atom. The van der Waals surface area contributed by atoms with Gasteiger partial charge in [0.05, 0.1) is 13.7 Å². The van der Waals surface area contributed by atoms with Gasteiger partial charge in [-0.2, -0.15) is 0 Å². The monoisotopic (exact) mass is 729 g/mol. The molecule has 0 saturated carbocycles. The van der Waals surface area contributed by atoms with Crippen LogP contribution in [-0.4, -0.2) is 15.0 Å². The van der Waals surface area contributed by atoms with E-state index in [1.54, 1.807) is 12.1 Å². The summed E-state index contributed by atoms with van der Waals surface area (Å²) in [5.74, 6) is 1.35. The van der Waals surface area contributed by atoms with Crippen LogP contribution in [0.4, 0.5) is 0 Å². The van der Waals surface area contributed by atoms with Crippen LogP contribution in [-0.2, 0) is 0 Å². The molecule has 0 fully saturated rings. The van der Waals surface area contributed by atoms with Crippen LogP contribution in [0.15, 0.2) is 200 Å². The highest BCUT2D eigenvalue weighted by Crippen LogP contribution is 2.44. The number of hydrogen-bond donors (Lipinski definition) is 0. The number of nitrogens with zero attached hydrogens (tertiary/aromatic N) is 3. The molecule has 2 aromatic heterocycles. The van der Waals surface area contributed by atoms with Crippen molar-refractivity contribution in [2.75, 3.05) is 0 Å². The maximum Gasteiger partial charge on any atom is 0.164 e. The molecule has 0 N–H and O–H groups in total. The lowest BCUT2D eigenvalue weighted by atomic mass is 9.96. The highest BCUT2D eigenvalue weighted by Gasteiger charge is 2.17. The van der Waals surface area contributed by atoms with E-state index in [0.29, 0.717) is 33.1 Å². The molecule has 10 aromatic rings. The molecule has 258 valence electrons. The van der Waals surface area contributed by atoms with Gasteiger partial charge in [-0.05, 0) is 63.2 Å². The molecule has 10 rings (SSSR count). The van der Waals surface area contributed by atoms with Gasteiger partial charge in [-0.3, -0.25) is 0 Å². The van der Waals surface area contributed by atoms with Gasteiger partial charge in [0, 0.05) is 42.4 Å². The van der Waals surface area contributed by atoms with Crippen LogP contribution in [0.3, 0.4) is 0 Å². The van der Waals surface area contributed by atoms with Crippen molar-refractivity contribution in [2.45, 2.75) is 0 Å². The summed E-state index contributed by atoms with van der Waals surface area (Å²) in [6, 6.07) is 40.5. The number of fused-ring (bicyclic) bond motifs is 3. The molecular weight excluding hydrogens is 687 g/mol. The maximum absolute atomic E-state index is 8.94. The second-order valence-corrected chi connectivity index (χ2v) is 14.0. The summed E-state index contributed by atoms with van der Waals surface area (Å²) in [6.07, 6.45) is 0. The van der Waals surface area contributed by atoms with Crippen LogP contribution in [0.25, 0.3) is 98.8 Å². The molecule has 0 radical (unpaired) electrons. The summed E-state index contributed by atoms with van der Waals surface area (Å²) < 4.78 is 87.1. The Labute approximate surface area is 338 Å². The fraction of sp³-hybridized carbons (Fsp3) is 0. The summed E-state index contributed by atoms with van der Waals surface area (Å²) in [5.41, 5.74) is 6.82. The predicted octanol–water partition coefficient (Wildman–Crippen LogP) is 13.9. The molecule has 3 nitrogen and oxygen atoms in total. The Hall–Kier alpha value is -7.01. The van der Waals surface area contributed by atoms with Gasteiger partial charge < -0.3 is 0 Å². The Bertz CT molecular complexity index is 3490. The summed E-state index contributed by atoms with van der Waals surface area (Å²) in [7, 11) is 0. The summed E-state index contributed by atoms with van der Waals surface area (Å²) in [4.78, 5) is 15.1. The van der Waals surface area contributed by atoms with Gasteiger partial charge in [-0.1, -0.05) is 176 Å². The minimum Gasteiger partial charge on any atom is -0.208 e. The molecule has 0 atom stereocenters. The van der Waals surface area contributed by atoms with Gasteiger partial charge in [0.15, 0.2) is 17.5 Å². The van der Waals surface area contributed by atoms with Crippen molar-refractivity contribution in [1.82, 2.24) is 15.0 Å². The zero-order valence-electron chi connectivity index (χ0n) is 39.0. The van der Waals surface area contributed by atoms with Crippen molar-refractivity contribution >= 4 is 31.5 Å². The van der Waals surface area contributed by atoms with Crippen molar-refractivity contribution in [3.05, 3.63) is 200 Å². The van der Waals surface area contributed by atoms with Crippen molar-refractivity contribution in [3.63, 3.8) is 0 Å². The first-order valence-corrected chi connectivity index (χ1v) is 18.4. The van der Waals surface area contributed by atoms with Crippen LogP contribution in [0.5, 0.6) is 0 Å². The van der Waals surface area contributed by atoms with Crippen LogP contribution in [0.2, 0.25) is 0 Å². The smallest absolute Gasteiger partial charge is 0.164 e. The number of hydrogen-bond acceptors (Lipinski definition) is 4. The minimum atomic E-state index is -0.544. The Morgan fingerprint density at radius 3 is 1.53 bits per heavy atom. The molecule has 0 spiro atoms. The van der Waals surface area contributed by atoms with Crippen molar-refractivity contribution in [1.29, 1.82) is 0 Å². The molecule has 0 bridgehead atoms. The van der Waals surface area contributed by atoms with E-state index in [1.807, 2.05) is 109 Å². The minimum absolute atomic E-state index is 0.0650. The van der Waals surface area contributed by atoms with E-state index in [-0.39, 0.29) is 22.3 Å². The van der Waals surface area contributed by atoms with Crippen molar-refractivity contribution in [3.8, 4) is 78.7 Å². The molecule has 0 saturated heterocycles. The van der Waals surface area contributed by atoms with Gasteiger partial charge in [0.1, 0.15) is 0 Å². The molecule has 0 aliphatic carbocycles. The molecule has 0 aliphatic heterocycles. The van der Waals surface area contributed by atoms with Crippen LogP contribution in [0.1, 0.15) is 13.7 Å². The van der Waals surface area contributed by atoms with Gasteiger partial charge in [0.2, 0.25) is 0 Å². The topological polar surface area (TPSA) is 38.7 Å². The lowest BCUT2D eigenvalue weighted by Crippen LogP contribution is -2.00. The molecule has 8 aromatic carbocycles. The van der Waals surface area contributed by atoms with Gasteiger partial charge >= 0.3 is 0 Å². The second-order valence-electron chi connectivity index (χ2n) is 12.9. The fourth-order valence-electron chi connectivity index (χ4n) is 6.80. The molecule has 0 amide bonds. The van der Waals surface area contributed by atoms with E-state index < -0.39 is 60.4 Å². The zero-order chi connectivity index (χ0) is 45.3. The van der Waals surface area contributed by atoms with Gasteiger partial charge in [-0.25, -0.2) is 15.0 Å². The lowest BCUT2D eigenvalue weighted by molar-refractivity contribution is 1.07. The van der Waals surface area contributed by atoms with Crippen LogP contribution < -0.4 is 0 Å². The molecule has 4 heteroatoms. The van der Waals surface area contributed by atoms with Gasteiger partial charge in [-0.15, -0.1) is 11.3 Å². The Morgan fingerprint density at radius 2 is 0.855 bits per heavy atom. The highest BCUT2D eigenvalue weighted by molar-refractivity contribution is 7.26. The Kier molecular flexibility index (Phi) is 6.05. The summed E-state index contributed by atoms with van der Waals surface area (Å²) in [6.45, 7) is 0. The number of benzene rings is 8. The van der Waals surface area contributed by atoms with Crippen molar-refractivity contribution < 1.29 is 13.7 Å². The first kappa shape index (κ1) is 23.6. The molecule has 0 unspecified atom stereocenters. The maximum atomic E-state index is 8.94. The number of thiophene rings is 1. The fourth-order valence-corrected chi connectivity index (χ4v) is 8.04. The van der Waals surface area contributed by atoms with E-state index in [0.717, 1.165) is 43.5 Å². The van der Waals surface area contributed by atoms with Crippen LogP contribution >= 0.6 is 11.3 Å². The lowest BCUT2D eigenvalue weighted by Gasteiger charge is -2.10. The molecular formula is C51H33N3S. The average molecular weight is 730 g/mol. The van der Waals surface area contributed by atoms with E-state index in [2.05, 4.69) is 18.2 Å². The zero-order valence-corrected chi connectivity index (χ0v) is 29.8. The predicted molar refractivity (Wildman–Crippen MR) is 231 cm³/mol. The first-order chi connectivity index (χ1) is 31.4. The normalized spacial score (nSPS) is 13.8. The third kappa shape index (κ3) is 6.39. The standard InChI is InChI=1S/C51H33N3S/c1-5-14-34(15-6-1)37-24-26-39(27-25-37)49-52-50(41-23-13-22-40(30-41)35-16-7-2-8-17-35)54-51(53-49)42-28-29-44-46-32-43(36-18-9-3-10-19-36)31-45(38-20-11-4-12-21-38)48(46)55-47(44)33-42/h1-33H/i3D,4D,9D,10D,11D,12D,18D,19D,20D,21D. The number of rotatable bonds is 7.